The summed E-state index contributed by atoms with van der Waals surface area (Å²) in [5, 5.41) is 0.534. The Morgan fingerprint density at radius 2 is 2.40 bits per heavy atom. The van der Waals surface area contributed by atoms with Crippen LogP contribution in [0.25, 0.3) is 0 Å². The van der Waals surface area contributed by atoms with Crippen LogP contribution in [-0.4, -0.2) is 17.1 Å². The number of aryl methyl sites for hydroxylation is 1. The number of fused-ring (bicyclic) bond motifs is 1. The summed E-state index contributed by atoms with van der Waals surface area (Å²) < 4.78 is 9.22. The van der Waals surface area contributed by atoms with E-state index in [0.717, 1.165) is 29.8 Å². The Bertz CT molecular complexity index is 420. The molecule has 5 heteroatoms. The number of halogens is 1. The molecule has 2 aliphatic rings. The van der Waals surface area contributed by atoms with Crippen LogP contribution >= 0.6 is 23.5 Å². The maximum atomic E-state index is 5.99. The van der Waals surface area contributed by atoms with Gasteiger partial charge < -0.3 is 4.74 Å². The topological polar surface area (TPSA) is 34.1 Å². The summed E-state index contributed by atoms with van der Waals surface area (Å²) in [6.45, 7) is 2.83. The van der Waals surface area contributed by atoms with Gasteiger partial charge in [-0.1, -0.05) is 11.6 Å². The van der Waals surface area contributed by atoms with Crippen molar-refractivity contribution < 1.29 is 4.74 Å². The van der Waals surface area contributed by atoms with Crippen molar-refractivity contribution >= 4 is 23.5 Å². The number of aromatic nitrogens is 1. The molecular formula is C10H11ClN2OS. The van der Waals surface area contributed by atoms with E-state index in [1.807, 2.05) is 13.0 Å². The zero-order valence-corrected chi connectivity index (χ0v) is 9.91. The molecule has 0 saturated heterocycles. The lowest BCUT2D eigenvalue weighted by atomic mass is 10.3. The first kappa shape index (κ1) is 9.75. The zero-order valence-electron chi connectivity index (χ0n) is 8.34. The Labute approximate surface area is 97.7 Å². The van der Waals surface area contributed by atoms with Gasteiger partial charge in [0.2, 0.25) is 5.88 Å². The maximum absolute atomic E-state index is 5.99. The quantitative estimate of drug-likeness (QED) is 0.560. The molecule has 0 bridgehead atoms. The fraction of sp³-hybridized carbons (Fsp3) is 0.500. The Morgan fingerprint density at radius 3 is 3.13 bits per heavy atom. The van der Waals surface area contributed by atoms with E-state index in [9.17, 15) is 0 Å². The van der Waals surface area contributed by atoms with Crippen LogP contribution in [-0.2, 0) is 0 Å². The second-order valence-electron chi connectivity index (χ2n) is 4.11. The number of ether oxygens (including phenoxy) is 1. The van der Waals surface area contributed by atoms with Gasteiger partial charge in [-0.25, -0.2) is 4.98 Å². The first-order valence-corrected chi connectivity index (χ1v) is 6.14. The van der Waals surface area contributed by atoms with E-state index in [4.69, 9.17) is 16.3 Å². The average Bonchev–Trinajstić information content (AvgIpc) is 2.95. The minimum absolute atomic E-state index is 0.0101. The Balaban J connectivity index is 2.03. The summed E-state index contributed by atoms with van der Waals surface area (Å²) in [5.74, 6) is 0.679. The predicted octanol–water partition coefficient (Wildman–Crippen LogP) is 2.57. The summed E-state index contributed by atoms with van der Waals surface area (Å²) in [4.78, 5) is 5.32. The number of pyridine rings is 1. The molecule has 1 aromatic rings. The summed E-state index contributed by atoms with van der Waals surface area (Å²) in [6, 6.07) is 2.02. The maximum Gasteiger partial charge on any atom is 0.230 e. The predicted molar refractivity (Wildman–Crippen MR) is 60.4 cm³/mol. The van der Waals surface area contributed by atoms with Gasteiger partial charge in [-0.2, -0.15) is 0 Å². The molecule has 1 aliphatic carbocycles. The van der Waals surface area contributed by atoms with Gasteiger partial charge in [0, 0.05) is 6.54 Å². The largest absolute Gasteiger partial charge is 0.469 e. The molecule has 0 aromatic carbocycles. The summed E-state index contributed by atoms with van der Waals surface area (Å²) >= 11 is 7.57. The molecule has 1 spiro atoms. The first-order valence-electron chi connectivity index (χ1n) is 4.94. The van der Waals surface area contributed by atoms with Crippen molar-refractivity contribution in [3.8, 4) is 5.88 Å². The number of nitrogens with one attached hydrogen (secondary N) is 1. The van der Waals surface area contributed by atoms with Crippen LogP contribution in [0.2, 0.25) is 5.15 Å². The van der Waals surface area contributed by atoms with E-state index in [0.29, 0.717) is 11.0 Å². The minimum atomic E-state index is -0.0101. The van der Waals surface area contributed by atoms with E-state index in [-0.39, 0.29) is 5.60 Å². The van der Waals surface area contributed by atoms with Crippen LogP contribution in [0.1, 0.15) is 18.4 Å². The average molecular weight is 243 g/mol. The van der Waals surface area contributed by atoms with Crippen LogP contribution < -0.4 is 9.46 Å². The Morgan fingerprint density at radius 1 is 1.60 bits per heavy atom. The molecule has 0 unspecified atom stereocenters. The van der Waals surface area contributed by atoms with Crippen LogP contribution in [0.4, 0.5) is 0 Å². The molecule has 0 atom stereocenters. The Kier molecular flexibility index (Phi) is 2.13. The third-order valence-electron chi connectivity index (χ3n) is 2.78. The van der Waals surface area contributed by atoms with Crippen LogP contribution in [0.5, 0.6) is 5.88 Å². The second-order valence-corrected chi connectivity index (χ2v) is 5.40. The van der Waals surface area contributed by atoms with E-state index < -0.39 is 0 Å². The molecule has 1 saturated carbocycles. The second kappa shape index (κ2) is 3.27. The van der Waals surface area contributed by atoms with Gasteiger partial charge in [-0.3, -0.25) is 4.72 Å². The highest BCUT2D eigenvalue weighted by Gasteiger charge is 2.47. The molecule has 3 nitrogen and oxygen atoms in total. The summed E-state index contributed by atoms with van der Waals surface area (Å²) in [7, 11) is 0. The monoisotopic (exact) mass is 242 g/mol. The van der Waals surface area contributed by atoms with E-state index >= 15 is 0 Å². The lowest BCUT2D eigenvalue weighted by Gasteiger charge is -2.14. The van der Waals surface area contributed by atoms with E-state index in [1.165, 1.54) is 0 Å². The van der Waals surface area contributed by atoms with E-state index in [1.54, 1.807) is 11.9 Å². The lowest BCUT2D eigenvalue weighted by Crippen LogP contribution is -2.28. The van der Waals surface area contributed by atoms with Gasteiger partial charge in [0.05, 0.1) is 4.90 Å². The summed E-state index contributed by atoms with van der Waals surface area (Å²) in [6.07, 6.45) is 2.21. The van der Waals surface area contributed by atoms with Crippen molar-refractivity contribution in [3.63, 3.8) is 0 Å². The Hall–Kier alpha value is -0.450. The fourth-order valence-electron chi connectivity index (χ4n) is 1.60. The fourth-order valence-corrected chi connectivity index (χ4v) is 2.63. The van der Waals surface area contributed by atoms with Gasteiger partial charge in [0.15, 0.2) is 0 Å². The standard InChI is InChI=1S/C10H11ClN2OS/c1-6-4-7-9(13-8(6)11)14-10(2-3-10)5-12-15-7/h4,12H,2-3,5H2,1H3. The van der Waals surface area contributed by atoms with Crippen molar-refractivity contribution in [3.05, 3.63) is 16.8 Å². The lowest BCUT2D eigenvalue weighted by molar-refractivity contribution is 0.174. The minimum Gasteiger partial charge on any atom is -0.469 e. The molecule has 15 heavy (non-hydrogen) atoms. The molecule has 1 fully saturated rings. The molecule has 2 heterocycles. The van der Waals surface area contributed by atoms with E-state index in [2.05, 4.69) is 9.71 Å². The molecule has 80 valence electrons. The normalized spacial score (nSPS) is 21.7. The molecule has 0 radical (unpaired) electrons. The van der Waals surface area contributed by atoms with Crippen LogP contribution in [0.3, 0.4) is 0 Å². The first-order chi connectivity index (χ1) is 7.19. The highest BCUT2D eigenvalue weighted by molar-refractivity contribution is 7.97. The number of hydrogen-bond donors (Lipinski definition) is 1. The van der Waals surface area contributed by atoms with Crippen molar-refractivity contribution in [2.45, 2.75) is 30.3 Å². The number of nitrogens with zero attached hydrogens (tertiary/aromatic N) is 1. The molecule has 1 aromatic heterocycles. The van der Waals surface area contributed by atoms with Gasteiger partial charge in [-0.05, 0) is 43.3 Å². The molecular weight excluding hydrogens is 232 g/mol. The summed E-state index contributed by atoms with van der Waals surface area (Å²) in [5.41, 5.74) is 0.976. The molecule has 3 rings (SSSR count). The van der Waals surface area contributed by atoms with Gasteiger partial charge in [-0.15, -0.1) is 0 Å². The van der Waals surface area contributed by atoms with Crippen molar-refractivity contribution in [1.29, 1.82) is 0 Å². The molecule has 0 amide bonds. The van der Waals surface area contributed by atoms with Crippen LogP contribution in [0.15, 0.2) is 11.0 Å². The van der Waals surface area contributed by atoms with Gasteiger partial charge in [0.25, 0.3) is 0 Å². The van der Waals surface area contributed by atoms with Crippen LogP contribution in [0, 0.1) is 6.92 Å². The number of rotatable bonds is 0. The molecule has 1 N–H and O–H groups in total. The van der Waals surface area contributed by atoms with Crippen molar-refractivity contribution in [2.75, 3.05) is 6.54 Å². The SMILES string of the molecule is Cc1cc2c(nc1Cl)OC1(CC1)CNS2. The molecule has 1 aliphatic heterocycles. The third-order valence-corrected chi connectivity index (χ3v) is 3.96. The van der Waals surface area contributed by atoms with Gasteiger partial charge >= 0.3 is 0 Å². The van der Waals surface area contributed by atoms with Gasteiger partial charge in [0.1, 0.15) is 10.8 Å². The zero-order chi connectivity index (χ0) is 10.5. The third kappa shape index (κ3) is 1.71. The van der Waals surface area contributed by atoms with Crippen molar-refractivity contribution in [2.24, 2.45) is 0 Å². The van der Waals surface area contributed by atoms with Crippen molar-refractivity contribution in [1.82, 2.24) is 9.71 Å². The highest BCUT2D eigenvalue weighted by atomic mass is 35.5. The smallest absolute Gasteiger partial charge is 0.230 e. The number of hydrogen-bond acceptors (Lipinski definition) is 4. The highest BCUT2D eigenvalue weighted by Crippen LogP contribution is 2.44.